The summed E-state index contributed by atoms with van der Waals surface area (Å²) in [5.41, 5.74) is 3.52. The van der Waals surface area contributed by atoms with Gasteiger partial charge in [0.2, 0.25) is 0 Å². The van der Waals surface area contributed by atoms with Crippen molar-refractivity contribution in [2.45, 2.75) is 6.42 Å². The fourth-order valence-electron chi connectivity index (χ4n) is 0.966. The van der Waals surface area contributed by atoms with Gasteiger partial charge in [-0.05, 0) is 29.7 Å². The van der Waals surface area contributed by atoms with Crippen LogP contribution in [-0.2, 0) is 6.42 Å². The lowest BCUT2D eigenvalue weighted by Gasteiger charge is -1.79. The lowest BCUT2D eigenvalue weighted by Crippen LogP contribution is -1.66. The van der Waals surface area contributed by atoms with Gasteiger partial charge in [-0.3, -0.25) is 0 Å². The van der Waals surface area contributed by atoms with Crippen LogP contribution in [0, 0.1) is 11.3 Å². The molecule has 1 nitrogen and oxygen atoms in total. The quantitative estimate of drug-likeness (QED) is 0.632. The van der Waals surface area contributed by atoms with Crippen LogP contribution in [0.15, 0.2) is 18.2 Å². The van der Waals surface area contributed by atoms with Crippen LogP contribution in [0.5, 0.6) is 0 Å². The van der Waals surface area contributed by atoms with Crippen LogP contribution in [0.3, 0.4) is 0 Å². The molecule has 2 rings (SSSR count). The second kappa shape index (κ2) is 2.43. The zero-order chi connectivity index (χ0) is 6.27. The molecule has 0 aliphatic heterocycles. The highest BCUT2D eigenvalue weighted by molar-refractivity contribution is 8.93. The zero-order valence-electron chi connectivity index (χ0n) is 5.29. The summed E-state index contributed by atoms with van der Waals surface area (Å²) in [5.74, 6) is 0. The van der Waals surface area contributed by atoms with Gasteiger partial charge in [0, 0.05) is 0 Å². The first-order chi connectivity index (χ1) is 4.40. The molecular weight excluding hydrogens is 190 g/mol. The lowest BCUT2D eigenvalue weighted by molar-refractivity contribution is 1.49. The molecule has 0 unspecified atom stereocenters. The van der Waals surface area contributed by atoms with Crippen molar-refractivity contribution in [3.8, 4) is 6.07 Å². The largest absolute Gasteiger partial charge is 0.192 e. The number of benzene rings is 1. The molecule has 0 saturated carbocycles. The third-order valence-corrected chi connectivity index (χ3v) is 1.59. The minimum atomic E-state index is 0. The normalized spacial score (nSPS) is 10.7. The minimum Gasteiger partial charge on any atom is -0.192 e. The molecule has 2 heteroatoms. The van der Waals surface area contributed by atoms with Crippen molar-refractivity contribution >= 4 is 17.0 Å². The van der Waals surface area contributed by atoms with E-state index < -0.39 is 0 Å². The van der Waals surface area contributed by atoms with Gasteiger partial charge < -0.3 is 0 Å². The van der Waals surface area contributed by atoms with Gasteiger partial charge in [-0.2, -0.15) is 5.26 Å². The van der Waals surface area contributed by atoms with E-state index in [1.807, 2.05) is 18.2 Å². The summed E-state index contributed by atoms with van der Waals surface area (Å²) < 4.78 is 0. The summed E-state index contributed by atoms with van der Waals surface area (Å²) in [6.07, 6.45) is 1.10. The predicted molar refractivity (Wildman–Crippen MR) is 44.3 cm³/mol. The number of fused-ring (bicyclic) bond motifs is 1. The van der Waals surface area contributed by atoms with Gasteiger partial charge in [-0.1, -0.05) is 6.07 Å². The third-order valence-electron chi connectivity index (χ3n) is 1.59. The van der Waals surface area contributed by atoms with E-state index in [4.69, 9.17) is 5.26 Å². The number of halogens is 1. The van der Waals surface area contributed by atoms with Crippen molar-refractivity contribution in [3.63, 3.8) is 0 Å². The van der Waals surface area contributed by atoms with Gasteiger partial charge >= 0.3 is 0 Å². The summed E-state index contributed by atoms with van der Waals surface area (Å²) in [4.78, 5) is 0. The average molecular weight is 196 g/mol. The van der Waals surface area contributed by atoms with Crippen LogP contribution in [0.1, 0.15) is 16.7 Å². The van der Waals surface area contributed by atoms with Crippen LogP contribution >= 0.6 is 17.0 Å². The van der Waals surface area contributed by atoms with Crippen molar-refractivity contribution in [1.29, 1.82) is 5.26 Å². The van der Waals surface area contributed by atoms with Crippen molar-refractivity contribution in [3.05, 3.63) is 34.9 Å². The topological polar surface area (TPSA) is 23.8 Å². The third kappa shape index (κ3) is 1.05. The predicted octanol–water partition coefficient (Wildman–Crippen LogP) is 2.04. The Labute approximate surface area is 70.1 Å². The van der Waals surface area contributed by atoms with Crippen LogP contribution in [0.25, 0.3) is 0 Å². The van der Waals surface area contributed by atoms with E-state index in [1.54, 1.807) is 0 Å². The Kier molecular flexibility index (Phi) is 1.78. The molecule has 0 atom stereocenters. The van der Waals surface area contributed by atoms with E-state index in [-0.39, 0.29) is 17.0 Å². The molecule has 0 amide bonds. The molecule has 1 aliphatic carbocycles. The molecule has 1 aliphatic rings. The molecule has 0 spiro atoms. The first-order valence-corrected chi connectivity index (χ1v) is 2.92. The van der Waals surface area contributed by atoms with Crippen molar-refractivity contribution in [2.24, 2.45) is 0 Å². The maximum absolute atomic E-state index is 8.44. The highest BCUT2D eigenvalue weighted by atomic mass is 79.9. The number of nitrogens with zero attached hydrogens (tertiary/aromatic N) is 1. The Hall–Kier alpha value is -0.810. The summed E-state index contributed by atoms with van der Waals surface area (Å²) in [5, 5.41) is 8.44. The lowest BCUT2D eigenvalue weighted by atomic mass is 10.2. The highest BCUT2D eigenvalue weighted by Crippen LogP contribution is 2.27. The minimum absolute atomic E-state index is 0. The van der Waals surface area contributed by atoms with Gasteiger partial charge in [0.25, 0.3) is 0 Å². The SMILES string of the molecule is Br.N#Cc1ccc2c(c1)C2. The van der Waals surface area contributed by atoms with E-state index in [9.17, 15) is 0 Å². The standard InChI is InChI=1S/C8H5N.BrH/c9-5-6-1-2-7-4-8(7)3-6;/h1-3H,4H2;1H. The van der Waals surface area contributed by atoms with Crippen LogP contribution in [-0.4, -0.2) is 0 Å². The summed E-state index contributed by atoms with van der Waals surface area (Å²) in [6.45, 7) is 0. The molecule has 1 aromatic carbocycles. The van der Waals surface area contributed by atoms with E-state index in [0.29, 0.717) is 0 Å². The van der Waals surface area contributed by atoms with E-state index in [2.05, 4.69) is 6.07 Å². The van der Waals surface area contributed by atoms with E-state index in [1.165, 1.54) is 11.1 Å². The fourth-order valence-corrected chi connectivity index (χ4v) is 0.966. The highest BCUT2D eigenvalue weighted by Gasteiger charge is 2.15. The summed E-state index contributed by atoms with van der Waals surface area (Å²) >= 11 is 0. The zero-order valence-corrected chi connectivity index (χ0v) is 7.01. The molecule has 0 aromatic heterocycles. The van der Waals surface area contributed by atoms with Gasteiger partial charge in [0.05, 0.1) is 11.6 Å². The second-order valence-electron chi connectivity index (χ2n) is 2.27. The molecule has 0 heterocycles. The number of hydrogen-bond donors (Lipinski definition) is 0. The number of hydrogen-bond acceptors (Lipinski definition) is 1. The number of rotatable bonds is 0. The molecule has 0 N–H and O–H groups in total. The molecule has 0 saturated heterocycles. The first-order valence-electron chi connectivity index (χ1n) is 2.92. The van der Waals surface area contributed by atoms with Gasteiger partial charge in [-0.25, -0.2) is 0 Å². The molecule has 0 bridgehead atoms. The average Bonchev–Trinajstić information content (AvgIpc) is 2.64. The Morgan fingerprint density at radius 3 is 2.70 bits per heavy atom. The molecule has 0 fully saturated rings. The fraction of sp³-hybridized carbons (Fsp3) is 0.125. The first kappa shape index (κ1) is 7.30. The Morgan fingerprint density at radius 1 is 1.30 bits per heavy atom. The maximum Gasteiger partial charge on any atom is 0.0991 e. The van der Waals surface area contributed by atoms with Crippen molar-refractivity contribution < 1.29 is 0 Å². The van der Waals surface area contributed by atoms with Gasteiger partial charge in [-0.15, -0.1) is 17.0 Å². The Bertz CT molecular complexity index is 299. The van der Waals surface area contributed by atoms with Crippen LogP contribution in [0.4, 0.5) is 0 Å². The second-order valence-corrected chi connectivity index (χ2v) is 2.27. The number of nitriles is 1. The molecule has 0 radical (unpaired) electrons. The Balaban J connectivity index is 0.000000500. The van der Waals surface area contributed by atoms with Crippen LogP contribution in [0.2, 0.25) is 0 Å². The molecule has 50 valence electrons. The van der Waals surface area contributed by atoms with Gasteiger partial charge in [0.15, 0.2) is 0 Å². The molecule has 1 aromatic rings. The summed E-state index contributed by atoms with van der Waals surface area (Å²) in [6, 6.07) is 7.94. The smallest absolute Gasteiger partial charge is 0.0991 e. The maximum atomic E-state index is 8.44. The molecule has 10 heavy (non-hydrogen) atoms. The monoisotopic (exact) mass is 195 g/mol. The summed E-state index contributed by atoms with van der Waals surface area (Å²) in [7, 11) is 0. The van der Waals surface area contributed by atoms with Crippen molar-refractivity contribution in [2.75, 3.05) is 0 Å². The van der Waals surface area contributed by atoms with Crippen molar-refractivity contribution in [1.82, 2.24) is 0 Å². The van der Waals surface area contributed by atoms with Crippen LogP contribution < -0.4 is 0 Å². The van der Waals surface area contributed by atoms with E-state index >= 15 is 0 Å². The van der Waals surface area contributed by atoms with E-state index in [0.717, 1.165) is 12.0 Å². The molecular formula is C8H6BrN. The van der Waals surface area contributed by atoms with Gasteiger partial charge in [0.1, 0.15) is 0 Å². The Morgan fingerprint density at radius 2 is 2.10 bits per heavy atom.